The Hall–Kier alpha value is -2.64. The molecule has 0 radical (unpaired) electrons. The van der Waals surface area contributed by atoms with Crippen LogP contribution in [0.5, 0.6) is 5.75 Å². The molecule has 0 aromatic heterocycles. The minimum atomic E-state index is -0.486. The molecule has 4 rings (SSSR count). The van der Waals surface area contributed by atoms with Gasteiger partial charge in [0.25, 0.3) is 0 Å². The first-order valence-electron chi connectivity index (χ1n) is 11.0. The van der Waals surface area contributed by atoms with Crippen molar-refractivity contribution in [2.75, 3.05) is 6.54 Å². The second-order valence-electron chi connectivity index (χ2n) is 8.97. The summed E-state index contributed by atoms with van der Waals surface area (Å²) in [6.45, 7) is 10.1. The first-order valence-corrected chi connectivity index (χ1v) is 11.0. The molecule has 31 heavy (non-hydrogen) atoms. The Bertz CT molecular complexity index is 886. The molecule has 2 heterocycles. The Morgan fingerprint density at radius 1 is 1.35 bits per heavy atom. The molecule has 4 atom stereocenters. The Morgan fingerprint density at radius 2 is 2.06 bits per heavy atom. The number of nitrogens with zero attached hydrogens (tertiary/aromatic N) is 2. The number of nitrogens with two attached hydrogens (primary N) is 1. The number of nitrogens with one attached hydrogen (secondary N) is 1. The minimum absolute atomic E-state index is 0.0538. The van der Waals surface area contributed by atoms with E-state index in [9.17, 15) is 14.0 Å². The van der Waals surface area contributed by atoms with Crippen molar-refractivity contribution in [2.45, 2.75) is 71.6 Å². The van der Waals surface area contributed by atoms with Gasteiger partial charge < -0.3 is 15.8 Å². The highest BCUT2D eigenvalue weighted by Crippen LogP contribution is 2.42. The summed E-state index contributed by atoms with van der Waals surface area (Å²) in [5, 5.41) is 3.05. The quantitative estimate of drug-likeness (QED) is 0.764. The second kappa shape index (κ2) is 8.85. The van der Waals surface area contributed by atoms with E-state index in [1.165, 1.54) is 17.0 Å². The molecule has 1 aromatic carbocycles. The zero-order valence-corrected chi connectivity index (χ0v) is 18.9. The predicted molar refractivity (Wildman–Crippen MR) is 117 cm³/mol. The van der Waals surface area contributed by atoms with Crippen molar-refractivity contribution in [3.63, 3.8) is 0 Å². The molecule has 7 nitrogen and oxygen atoms in total. The van der Waals surface area contributed by atoms with Crippen LogP contribution in [-0.2, 0) is 9.59 Å². The number of hydrogen-bond donors (Lipinski definition) is 2. The van der Waals surface area contributed by atoms with Gasteiger partial charge in [-0.15, -0.1) is 0 Å². The van der Waals surface area contributed by atoms with Gasteiger partial charge in [-0.05, 0) is 51.3 Å². The summed E-state index contributed by atoms with van der Waals surface area (Å²) in [6, 6.07) is 4.09. The SMILES string of the molecule is CC.CC1C[C@H](NC(=O)C2C[C@@H]2CN2C(=O)CC(C)(C)N=C2N)c2cc(F)ccc2O1. The van der Waals surface area contributed by atoms with Crippen LogP contribution in [0.25, 0.3) is 0 Å². The molecule has 3 aliphatic rings. The van der Waals surface area contributed by atoms with Crippen molar-refractivity contribution in [3.05, 3.63) is 29.6 Å². The molecule has 170 valence electrons. The molecular formula is C23H33FN4O3. The Labute approximate surface area is 183 Å². The average molecular weight is 433 g/mol. The van der Waals surface area contributed by atoms with E-state index in [4.69, 9.17) is 10.5 Å². The predicted octanol–water partition coefficient (Wildman–Crippen LogP) is 3.14. The van der Waals surface area contributed by atoms with E-state index in [1.54, 1.807) is 6.07 Å². The van der Waals surface area contributed by atoms with Crippen molar-refractivity contribution in [3.8, 4) is 5.75 Å². The van der Waals surface area contributed by atoms with Gasteiger partial charge in [-0.2, -0.15) is 0 Å². The summed E-state index contributed by atoms with van der Waals surface area (Å²) in [5.41, 5.74) is 6.16. The largest absolute Gasteiger partial charge is 0.490 e. The zero-order chi connectivity index (χ0) is 22.9. The Kier molecular flexibility index (Phi) is 6.57. The maximum atomic E-state index is 13.7. The summed E-state index contributed by atoms with van der Waals surface area (Å²) >= 11 is 0. The van der Waals surface area contributed by atoms with Gasteiger partial charge in [0.15, 0.2) is 5.96 Å². The van der Waals surface area contributed by atoms with Crippen LogP contribution in [0.1, 0.15) is 65.5 Å². The fourth-order valence-electron chi connectivity index (χ4n) is 4.24. The van der Waals surface area contributed by atoms with Gasteiger partial charge in [0.1, 0.15) is 11.6 Å². The number of rotatable bonds is 4. The van der Waals surface area contributed by atoms with Crippen LogP contribution in [0.15, 0.2) is 23.2 Å². The number of guanidine groups is 1. The lowest BCUT2D eigenvalue weighted by molar-refractivity contribution is -0.130. The molecule has 2 unspecified atom stereocenters. The number of ether oxygens (including phenoxy) is 1. The fourth-order valence-corrected chi connectivity index (χ4v) is 4.24. The van der Waals surface area contributed by atoms with E-state index in [0.717, 1.165) is 0 Å². The molecule has 2 amide bonds. The van der Waals surface area contributed by atoms with E-state index in [2.05, 4.69) is 10.3 Å². The van der Waals surface area contributed by atoms with Gasteiger partial charge in [0.2, 0.25) is 11.8 Å². The number of benzene rings is 1. The maximum absolute atomic E-state index is 13.7. The van der Waals surface area contributed by atoms with Crippen molar-refractivity contribution in [1.82, 2.24) is 10.2 Å². The van der Waals surface area contributed by atoms with Gasteiger partial charge in [-0.1, -0.05) is 13.8 Å². The average Bonchev–Trinajstić information content (AvgIpc) is 3.46. The molecule has 8 heteroatoms. The van der Waals surface area contributed by atoms with E-state index >= 15 is 0 Å². The van der Waals surface area contributed by atoms with Crippen molar-refractivity contribution in [2.24, 2.45) is 22.6 Å². The first kappa shape index (κ1) is 23.0. The molecule has 1 aliphatic carbocycles. The topological polar surface area (TPSA) is 97.0 Å². The molecule has 0 spiro atoms. The summed E-state index contributed by atoms with van der Waals surface area (Å²) in [4.78, 5) is 31.1. The lowest BCUT2D eigenvalue weighted by Crippen LogP contribution is -2.50. The smallest absolute Gasteiger partial charge is 0.231 e. The van der Waals surface area contributed by atoms with Crippen molar-refractivity contribution in [1.29, 1.82) is 0 Å². The van der Waals surface area contributed by atoms with Gasteiger partial charge in [-0.25, -0.2) is 9.38 Å². The summed E-state index contributed by atoms with van der Waals surface area (Å²) in [7, 11) is 0. The van der Waals surface area contributed by atoms with Crippen LogP contribution in [0.3, 0.4) is 0 Å². The monoisotopic (exact) mass is 432 g/mol. The van der Waals surface area contributed by atoms with Crippen LogP contribution < -0.4 is 15.8 Å². The van der Waals surface area contributed by atoms with Gasteiger partial charge >= 0.3 is 0 Å². The lowest BCUT2D eigenvalue weighted by atomic mass is 9.96. The molecule has 1 aromatic rings. The van der Waals surface area contributed by atoms with Crippen LogP contribution in [0, 0.1) is 17.7 Å². The first-order chi connectivity index (χ1) is 14.6. The standard InChI is InChI=1S/C21H27FN4O3.C2H6/c1-11-6-16(15-8-13(22)4-5-17(15)29-11)24-19(28)14-7-12(14)10-26-18(27)9-21(2,3)25-20(26)23;1-2/h4-5,8,11-12,14,16H,6-7,9-10H2,1-3H3,(H2,23,25)(H,24,28);1-2H3/t11?,12-,14?,16+;/m1./s1. The summed E-state index contributed by atoms with van der Waals surface area (Å²) in [5.74, 6) is 0.208. The number of carbonyl (C=O) groups is 2. The van der Waals surface area contributed by atoms with Crippen LogP contribution in [-0.4, -0.2) is 40.9 Å². The van der Waals surface area contributed by atoms with E-state index < -0.39 is 5.54 Å². The number of aliphatic imine (C=N–C) groups is 1. The Morgan fingerprint density at radius 3 is 2.74 bits per heavy atom. The highest BCUT2D eigenvalue weighted by Gasteiger charge is 2.46. The number of hydrogen-bond acceptors (Lipinski definition) is 5. The third-order valence-electron chi connectivity index (χ3n) is 5.81. The number of carbonyl (C=O) groups excluding carboxylic acids is 2. The normalized spacial score (nSPS) is 28.4. The Balaban J connectivity index is 0.00000132. The fraction of sp³-hybridized carbons (Fsp3) is 0.609. The van der Waals surface area contributed by atoms with Crippen LogP contribution in [0.2, 0.25) is 0 Å². The molecule has 1 saturated carbocycles. The lowest BCUT2D eigenvalue weighted by Gasteiger charge is -2.33. The summed E-state index contributed by atoms with van der Waals surface area (Å²) < 4.78 is 19.4. The van der Waals surface area contributed by atoms with Crippen molar-refractivity contribution >= 4 is 17.8 Å². The van der Waals surface area contributed by atoms with E-state index in [-0.39, 0.29) is 47.6 Å². The van der Waals surface area contributed by atoms with Crippen molar-refractivity contribution < 1.29 is 18.7 Å². The minimum Gasteiger partial charge on any atom is -0.490 e. The molecule has 2 aliphatic heterocycles. The van der Waals surface area contributed by atoms with Gasteiger partial charge in [0.05, 0.1) is 24.1 Å². The highest BCUT2D eigenvalue weighted by atomic mass is 19.1. The van der Waals surface area contributed by atoms with Gasteiger partial charge in [-0.3, -0.25) is 14.5 Å². The molecule has 0 saturated heterocycles. The molecule has 0 bridgehead atoms. The molecule has 1 fully saturated rings. The van der Waals surface area contributed by atoms with Crippen LogP contribution >= 0.6 is 0 Å². The summed E-state index contributed by atoms with van der Waals surface area (Å²) in [6.07, 6.45) is 1.51. The van der Waals surface area contributed by atoms with Crippen LogP contribution in [0.4, 0.5) is 4.39 Å². The third kappa shape index (κ3) is 5.17. The number of halogens is 1. The number of fused-ring (bicyclic) bond motifs is 1. The molecule has 3 N–H and O–H groups in total. The second-order valence-corrected chi connectivity index (χ2v) is 8.97. The maximum Gasteiger partial charge on any atom is 0.231 e. The van der Waals surface area contributed by atoms with E-state index in [0.29, 0.717) is 37.1 Å². The van der Waals surface area contributed by atoms with Gasteiger partial charge in [0, 0.05) is 24.4 Å². The third-order valence-corrected chi connectivity index (χ3v) is 5.81. The highest BCUT2D eigenvalue weighted by molar-refractivity contribution is 5.99. The molecular weight excluding hydrogens is 399 g/mol. The zero-order valence-electron chi connectivity index (χ0n) is 18.9. The number of amides is 2. The van der Waals surface area contributed by atoms with E-state index in [1.807, 2.05) is 34.6 Å².